The van der Waals surface area contributed by atoms with Gasteiger partial charge in [-0.15, -0.1) is 0 Å². The van der Waals surface area contributed by atoms with Gasteiger partial charge in [0.1, 0.15) is 11.6 Å². The average molecular weight is 410 g/mol. The maximum Gasteiger partial charge on any atom is 0.416 e. The zero-order valence-corrected chi connectivity index (χ0v) is 15.4. The van der Waals surface area contributed by atoms with Crippen LogP contribution in [0.5, 0.6) is 0 Å². The van der Waals surface area contributed by atoms with E-state index in [9.17, 15) is 26.7 Å². The molecule has 154 valence electrons. The first-order chi connectivity index (χ1) is 13.7. The van der Waals surface area contributed by atoms with Gasteiger partial charge < -0.3 is 4.90 Å². The van der Waals surface area contributed by atoms with E-state index >= 15 is 0 Å². The van der Waals surface area contributed by atoms with Gasteiger partial charge in [-0.05, 0) is 35.7 Å². The van der Waals surface area contributed by atoms with Crippen molar-refractivity contribution in [3.63, 3.8) is 0 Å². The van der Waals surface area contributed by atoms with Crippen LogP contribution in [0.2, 0.25) is 0 Å². The van der Waals surface area contributed by atoms with Gasteiger partial charge in [0.05, 0.1) is 5.56 Å². The molecule has 2 atom stereocenters. The number of alkyl halides is 3. The quantitative estimate of drug-likeness (QED) is 0.700. The fourth-order valence-electron chi connectivity index (χ4n) is 4.39. The molecule has 0 radical (unpaired) electrons. The lowest BCUT2D eigenvalue weighted by Gasteiger charge is -2.26. The predicted molar refractivity (Wildman–Crippen MR) is 95.6 cm³/mol. The van der Waals surface area contributed by atoms with Crippen LogP contribution in [0.3, 0.4) is 0 Å². The number of carbonyl (C=O) groups excluding carboxylic acids is 1. The highest BCUT2D eigenvalue weighted by atomic mass is 19.4. The summed E-state index contributed by atoms with van der Waals surface area (Å²) in [5.74, 6) is -1.50. The lowest BCUT2D eigenvalue weighted by molar-refractivity contribution is -0.137. The monoisotopic (exact) mass is 410 g/mol. The summed E-state index contributed by atoms with van der Waals surface area (Å²) in [7, 11) is 0. The first kappa shape index (κ1) is 19.8. The van der Waals surface area contributed by atoms with Crippen LogP contribution in [0.25, 0.3) is 0 Å². The van der Waals surface area contributed by atoms with Crippen LogP contribution in [0, 0.1) is 11.6 Å². The topological polar surface area (TPSA) is 23.6 Å². The highest BCUT2D eigenvalue weighted by Crippen LogP contribution is 2.35. The van der Waals surface area contributed by atoms with Gasteiger partial charge in [-0.25, -0.2) is 8.78 Å². The molecule has 0 spiro atoms. The van der Waals surface area contributed by atoms with E-state index in [0.717, 1.165) is 18.2 Å². The summed E-state index contributed by atoms with van der Waals surface area (Å²) in [5, 5.41) is 0. The molecule has 3 nitrogen and oxygen atoms in total. The van der Waals surface area contributed by atoms with Crippen LogP contribution in [0.15, 0.2) is 42.5 Å². The van der Waals surface area contributed by atoms with E-state index in [-0.39, 0.29) is 31.0 Å². The highest BCUT2D eigenvalue weighted by Gasteiger charge is 2.46. The molecular formula is C21H19F5N2O. The summed E-state index contributed by atoms with van der Waals surface area (Å²) in [6.45, 7) is 1.08. The van der Waals surface area contributed by atoms with Crippen molar-refractivity contribution < 1.29 is 26.7 Å². The molecule has 0 bridgehead atoms. The number of amides is 1. The number of benzene rings is 2. The van der Waals surface area contributed by atoms with Crippen molar-refractivity contribution in [3.05, 3.63) is 70.8 Å². The summed E-state index contributed by atoms with van der Waals surface area (Å²) in [4.78, 5) is 16.2. The number of likely N-dealkylation sites (tertiary alicyclic amines) is 2. The summed E-state index contributed by atoms with van der Waals surface area (Å²) in [6.07, 6.45) is -3.47. The molecular weight excluding hydrogens is 391 g/mol. The molecule has 2 fully saturated rings. The van der Waals surface area contributed by atoms with Crippen molar-refractivity contribution in [2.75, 3.05) is 6.54 Å². The van der Waals surface area contributed by atoms with E-state index in [0.29, 0.717) is 30.6 Å². The second-order valence-corrected chi connectivity index (χ2v) is 7.60. The third kappa shape index (κ3) is 4.12. The summed E-state index contributed by atoms with van der Waals surface area (Å²) in [6, 6.07) is 8.17. The van der Waals surface area contributed by atoms with E-state index in [2.05, 4.69) is 0 Å². The number of halogens is 5. The molecule has 4 rings (SSSR count). The standard InChI is InChI=1S/C21H19F5N2O/c22-16-7-14(8-17(23)9-16)12-28-18-4-5-27(19(18)10-20(28)29)11-13-2-1-3-15(6-13)21(24,25)26/h1-3,6-9,18-19H,4-5,10-12H2/t18-,19-/m0/s1. The largest absolute Gasteiger partial charge is 0.416 e. The molecule has 2 saturated heterocycles. The van der Waals surface area contributed by atoms with Gasteiger partial charge in [-0.3, -0.25) is 9.69 Å². The van der Waals surface area contributed by atoms with Gasteiger partial charge in [-0.1, -0.05) is 18.2 Å². The SMILES string of the molecule is O=C1C[C@H]2[C@H](CCN2Cc2cccc(C(F)(F)F)c2)N1Cc1cc(F)cc(F)c1. The van der Waals surface area contributed by atoms with E-state index in [1.165, 1.54) is 18.2 Å². The number of hydrogen-bond donors (Lipinski definition) is 0. The van der Waals surface area contributed by atoms with E-state index in [1.807, 2.05) is 4.90 Å². The van der Waals surface area contributed by atoms with Crippen LogP contribution in [0.4, 0.5) is 22.0 Å². The van der Waals surface area contributed by atoms with Gasteiger partial charge in [-0.2, -0.15) is 13.2 Å². The second-order valence-electron chi connectivity index (χ2n) is 7.60. The minimum atomic E-state index is -4.40. The van der Waals surface area contributed by atoms with Crippen molar-refractivity contribution in [2.24, 2.45) is 0 Å². The maximum atomic E-state index is 13.5. The van der Waals surface area contributed by atoms with Crippen LogP contribution in [-0.2, 0) is 24.1 Å². The lowest BCUT2D eigenvalue weighted by Crippen LogP contribution is -2.36. The Bertz CT molecular complexity index is 909. The summed E-state index contributed by atoms with van der Waals surface area (Å²) >= 11 is 0. The first-order valence-corrected chi connectivity index (χ1v) is 9.35. The Hall–Kier alpha value is -2.48. The van der Waals surface area contributed by atoms with Crippen molar-refractivity contribution in [2.45, 2.75) is 44.2 Å². The van der Waals surface area contributed by atoms with Gasteiger partial charge in [0.25, 0.3) is 0 Å². The number of hydrogen-bond acceptors (Lipinski definition) is 2. The number of rotatable bonds is 4. The van der Waals surface area contributed by atoms with Crippen molar-refractivity contribution in [3.8, 4) is 0 Å². The zero-order chi connectivity index (χ0) is 20.8. The maximum absolute atomic E-state index is 13.5. The lowest BCUT2D eigenvalue weighted by atomic mass is 10.1. The van der Waals surface area contributed by atoms with Crippen molar-refractivity contribution >= 4 is 5.91 Å². The number of nitrogens with zero attached hydrogens (tertiary/aromatic N) is 2. The van der Waals surface area contributed by atoms with Crippen molar-refractivity contribution in [1.29, 1.82) is 0 Å². The molecule has 2 aliphatic rings. The van der Waals surface area contributed by atoms with E-state index in [4.69, 9.17) is 0 Å². The van der Waals surface area contributed by atoms with E-state index in [1.54, 1.807) is 11.0 Å². The number of fused-ring (bicyclic) bond motifs is 1. The van der Waals surface area contributed by atoms with Gasteiger partial charge in [0, 0.05) is 44.2 Å². The van der Waals surface area contributed by atoms with Crippen molar-refractivity contribution in [1.82, 2.24) is 9.80 Å². The zero-order valence-electron chi connectivity index (χ0n) is 15.4. The number of carbonyl (C=O) groups is 1. The molecule has 0 aromatic heterocycles. The highest BCUT2D eigenvalue weighted by molar-refractivity contribution is 5.80. The molecule has 2 aromatic rings. The molecule has 2 heterocycles. The van der Waals surface area contributed by atoms with Crippen LogP contribution < -0.4 is 0 Å². The Morgan fingerprint density at radius 3 is 2.34 bits per heavy atom. The van der Waals surface area contributed by atoms with Gasteiger partial charge in [0.2, 0.25) is 5.91 Å². The third-order valence-electron chi connectivity index (χ3n) is 5.64. The molecule has 0 saturated carbocycles. The Kier molecular flexibility index (Phi) is 5.06. The minimum Gasteiger partial charge on any atom is -0.334 e. The molecule has 2 aliphatic heterocycles. The Labute approximate surface area is 164 Å². The minimum absolute atomic E-state index is 0.111. The predicted octanol–water partition coefficient (Wildman–Crippen LogP) is 4.36. The third-order valence-corrected chi connectivity index (χ3v) is 5.64. The fourth-order valence-corrected chi connectivity index (χ4v) is 4.39. The molecule has 1 amide bonds. The molecule has 8 heteroatoms. The van der Waals surface area contributed by atoms with Crippen LogP contribution >= 0.6 is 0 Å². The normalized spacial score (nSPS) is 22.4. The molecule has 2 aromatic carbocycles. The fraction of sp³-hybridized carbons (Fsp3) is 0.381. The molecule has 29 heavy (non-hydrogen) atoms. The van der Waals surface area contributed by atoms with Crippen LogP contribution in [0.1, 0.15) is 29.5 Å². The van der Waals surface area contributed by atoms with E-state index < -0.39 is 23.4 Å². The molecule has 0 N–H and O–H groups in total. The van der Waals surface area contributed by atoms with Crippen LogP contribution in [-0.4, -0.2) is 34.3 Å². The summed E-state index contributed by atoms with van der Waals surface area (Å²) < 4.78 is 65.7. The second kappa shape index (κ2) is 7.40. The average Bonchev–Trinajstić information content (AvgIpc) is 3.14. The molecule has 0 unspecified atom stereocenters. The summed E-state index contributed by atoms with van der Waals surface area (Å²) in [5.41, 5.74) is 0.231. The molecule has 0 aliphatic carbocycles. The van der Waals surface area contributed by atoms with Gasteiger partial charge in [0.15, 0.2) is 0 Å². The first-order valence-electron chi connectivity index (χ1n) is 9.35. The Balaban J connectivity index is 1.47. The Morgan fingerprint density at radius 2 is 1.66 bits per heavy atom. The Morgan fingerprint density at radius 1 is 0.931 bits per heavy atom. The van der Waals surface area contributed by atoms with Gasteiger partial charge >= 0.3 is 6.18 Å². The smallest absolute Gasteiger partial charge is 0.334 e.